The molecule has 1 aromatic heterocycles. The van der Waals surface area contributed by atoms with Gasteiger partial charge in [0.15, 0.2) is 0 Å². The van der Waals surface area contributed by atoms with Crippen LogP contribution in [0.5, 0.6) is 0 Å². The van der Waals surface area contributed by atoms with Gasteiger partial charge in [0.1, 0.15) is 5.82 Å². The molecule has 0 aliphatic rings. The van der Waals surface area contributed by atoms with Gasteiger partial charge in [0.05, 0.1) is 5.52 Å². The van der Waals surface area contributed by atoms with Crippen molar-refractivity contribution in [2.24, 2.45) is 0 Å². The predicted octanol–water partition coefficient (Wildman–Crippen LogP) is 5.75. The molecule has 0 fully saturated rings. The highest BCUT2D eigenvalue weighted by Gasteiger charge is 2.01. The van der Waals surface area contributed by atoms with E-state index in [9.17, 15) is 0 Å². The van der Waals surface area contributed by atoms with Gasteiger partial charge in [0, 0.05) is 11.6 Å². The number of aryl methyl sites for hydroxylation is 1. The van der Waals surface area contributed by atoms with Crippen molar-refractivity contribution in [1.29, 1.82) is 0 Å². The molecule has 0 atom stereocenters. The van der Waals surface area contributed by atoms with E-state index in [0.717, 1.165) is 34.3 Å². The van der Waals surface area contributed by atoms with Gasteiger partial charge in [-0.25, -0.2) is 9.97 Å². The lowest BCUT2D eigenvalue weighted by atomic mass is 10.0. The van der Waals surface area contributed by atoms with Gasteiger partial charge >= 0.3 is 0 Å². The highest BCUT2D eigenvalue weighted by Crippen LogP contribution is 2.20. The Balaban J connectivity index is 0.000000921. The van der Waals surface area contributed by atoms with Crippen LogP contribution in [0.4, 0.5) is 0 Å². The van der Waals surface area contributed by atoms with Crippen LogP contribution < -0.4 is 0 Å². The second kappa shape index (κ2) is 10.6. The minimum absolute atomic E-state index is 0.800. The highest BCUT2D eigenvalue weighted by atomic mass is 14.9. The van der Waals surface area contributed by atoms with Crippen LogP contribution in [0.3, 0.4) is 0 Å². The average molecular weight is 282 g/mol. The fraction of sp³-hybridized carbons (Fsp3) is 0.263. The number of nitrogens with zero attached hydrogens (tertiary/aromatic N) is 2. The van der Waals surface area contributed by atoms with Gasteiger partial charge in [0.2, 0.25) is 0 Å². The molecular formula is C19H26N2. The summed E-state index contributed by atoms with van der Waals surface area (Å²) in [6.07, 6.45) is 6.92. The maximum absolute atomic E-state index is 4.44. The quantitative estimate of drug-likeness (QED) is 0.529. The fourth-order valence-corrected chi connectivity index (χ4v) is 1.83. The zero-order chi connectivity index (χ0) is 16.3. The van der Waals surface area contributed by atoms with Crippen molar-refractivity contribution in [2.75, 3.05) is 0 Å². The molecule has 0 saturated heterocycles. The van der Waals surface area contributed by atoms with Crippen LogP contribution in [0, 0.1) is 6.92 Å². The molecule has 1 aromatic carbocycles. The van der Waals surface area contributed by atoms with E-state index in [4.69, 9.17) is 0 Å². The maximum Gasteiger partial charge on any atom is 0.125 e. The van der Waals surface area contributed by atoms with Gasteiger partial charge in [0.25, 0.3) is 0 Å². The summed E-state index contributed by atoms with van der Waals surface area (Å²) < 4.78 is 0. The highest BCUT2D eigenvalue weighted by molar-refractivity contribution is 5.84. The van der Waals surface area contributed by atoms with Crippen LogP contribution in [-0.4, -0.2) is 9.97 Å². The summed E-state index contributed by atoms with van der Waals surface area (Å²) in [6, 6.07) is 6.23. The third-order valence-electron chi connectivity index (χ3n) is 2.68. The first-order valence-corrected chi connectivity index (χ1v) is 7.31. The second-order valence-corrected chi connectivity index (χ2v) is 3.96. The monoisotopic (exact) mass is 282 g/mol. The van der Waals surface area contributed by atoms with Gasteiger partial charge in [-0.3, -0.25) is 0 Å². The Morgan fingerprint density at radius 1 is 1.24 bits per heavy atom. The maximum atomic E-state index is 4.44. The zero-order valence-electron chi connectivity index (χ0n) is 13.7. The molecule has 0 spiro atoms. The lowest BCUT2D eigenvalue weighted by Gasteiger charge is -2.04. The molecule has 0 saturated carbocycles. The Morgan fingerprint density at radius 3 is 2.48 bits per heavy atom. The lowest BCUT2D eigenvalue weighted by molar-refractivity contribution is 1.09. The molecule has 2 nitrogen and oxygen atoms in total. The molecule has 0 N–H and O–H groups in total. The van der Waals surface area contributed by atoms with Gasteiger partial charge in [-0.15, -0.1) is 13.2 Å². The number of hydrogen-bond donors (Lipinski definition) is 0. The van der Waals surface area contributed by atoms with Crippen LogP contribution in [0.2, 0.25) is 0 Å². The fourth-order valence-electron chi connectivity index (χ4n) is 1.83. The SMILES string of the molecule is C=C.C=C/C(=C\CC)c1ccc2cnc(C)nc2c1.CC. The standard InChI is InChI=1S/C15H16N2.C2H6.C2H4/c1-4-6-12(5-2)13-7-8-14-10-16-11(3)17-15(14)9-13;2*1-2/h5-10H,2,4H2,1,3H3;1-2H3;1-2H2/b12-6+;;. The smallest absolute Gasteiger partial charge is 0.125 e. The summed E-state index contributed by atoms with van der Waals surface area (Å²) in [7, 11) is 0. The third-order valence-corrected chi connectivity index (χ3v) is 2.68. The number of fused-ring (bicyclic) bond motifs is 1. The van der Waals surface area contributed by atoms with Crippen molar-refractivity contribution >= 4 is 16.5 Å². The van der Waals surface area contributed by atoms with Crippen molar-refractivity contribution in [1.82, 2.24) is 9.97 Å². The van der Waals surface area contributed by atoms with Crippen LogP contribution in [0.25, 0.3) is 16.5 Å². The topological polar surface area (TPSA) is 25.8 Å². The van der Waals surface area contributed by atoms with Crippen molar-refractivity contribution in [3.05, 3.63) is 67.7 Å². The van der Waals surface area contributed by atoms with Crippen LogP contribution in [0.15, 0.2) is 56.3 Å². The number of aromatic nitrogens is 2. The second-order valence-electron chi connectivity index (χ2n) is 3.96. The molecule has 2 aromatic rings. The van der Waals surface area contributed by atoms with Crippen molar-refractivity contribution in [3.8, 4) is 0 Å². The van der Waals surface area contributed by atoms with Crippen molar-refractivity contribution < 1.29 is 0 Å². The molecule has 1 heterocycles. The molecule has 0 radical (unpaired) electrons. The van der Waals surface area contributed by atoms with E-state index in [1.54, 1.807) is 0 Å². The molecule has 0 aliphatic carbocycles. The van der Waals surface area contributed by atoms with E-state index in [1.165, 1.54) is 0 Å². The van der Waals surface area contributed by atoms with E-state index in [2.05, 4.69) is 60.9 Å². The summed E-state index contributed by atoms with van der Waals surface area (Å²) in [5, 5.41) is 1.07. The number of allylic oxidation sites excluding steroid dienone is 3. The van der Waals surface area contributed by atoms with Crippen LogP contribution in [0.1, 0.15) is 38.6 Å². The first-order chi connectivity index (χ1) is 10.2. The Labute approximate surface area is 129 Å². The summed E-state index contributed by atoms with van der Waals surface area (Å²) >= 11 is 0. The minimum atomic E-state index is 0.800. The van der Waals surface area contributed by atoms with E-state index in [0.29, 0.717) is 0 Å². The van der Waals surface area contributed by atoms with Gasteiger partial charge in [-0.05, 0) is 30.5 Å². The molecule has 0 unspecified atom stereocenters. The Morgan fingerprint density at radius 2 is 1.90 bits per heavy atom. The summed E-state index contributed by atoms with van der Waals surface area (Å²) in [5.74, 6) is 0.800. The summed E-state index contributed by atoms with van der Waals surface area (Å²) in [5.41, 5.74) is 3.30. The number of rotatable bonds is 3. The van der Waals surface area contributed by atoms with E-state index in [1.807, 2.05) is 33.0 Å². The summed E-state index contributed by atoms with van der Waals surface area (Å²) in [6.45, 7) is 17.9. The minimum Gasteiger partial charge on any atom is -0.241 e. The molecule has 0 amide bonds. The summed E-state index contributed by atoms with van der Waals surface area (Å²) in [4.78, 5) is 8.63. The Bertz CT molecular complexity index is 598. The Hall–Kier alpha value is -2.22. The van der Waals surface area contributed by atoms with Crippen LogP contribution in [-0.2, 0) is 0 Å². The molecular weight excluding hydrogens is 256 g/mol. The third kappa shape index (κ3) is 5.35. The number of benzene rings is 1. The van der Waals surface area contributed by atoms with Gasteiger partial charge in [-0.2, -0.15) is 0 Å². The molecule has 112 valence electrons. The van der Waals surface area contributed by atoms with Gasteiger partial charge < -0.3 is 0 Å². The number of hydrogen-bond acceptors (Lipinski definition) is 2. The zero-order valence-corrected chi connectivity index (χ0v) is 13.7. The Kier molecular flexibility index (Phi) is 9.44. The van der Waals surface area contributed by atoms with Gasteiger partial charge in [-0.1, -0.05) is 51.6 Å². The van der Waals surface area contributed by atoms with Crippen molar-refractivity contribution in [3.63, 3.8) is 0 Å². The first kappa shape index (κ1) is 18.8. The first-order valence-electron chi connectivity index (χ1n) is 7.31. The van der Waals surface area contributed by atoms with Crippen LogP contribution >= 0.6 is 0 Å². The van der Waals surface area contributed by atoms with E-state index >= 15 is 0 Å². The van der Waals surface area contributed by atoms with E-state index in [-0.39, 0.29) is 0 Å². The molecule has 0 aliphatic heterocycles. The molecule has 21 heavy (non-hydrogen) atoms. The molecule has 2 heteroatoms. The molecule has 2 rings (SSSR count). The predicted molar refractivity (Wildman–Crippen MR) is 95.3 cm³/mol. The lowest BCUT2D eigenvalue weighted by Crippen LogP contribution is -1.89. The molecule has 0 bridgehead atoms. The largest absolute Gasteiger partial charge is 0.241 e. The van der Waals surface area contributed by atoms with E-state index < -0.39 is 0 Å². The average Bonchev–Trinajstić information content (AvgIpc) is 2.55. The normalized spacial score (nSPS) is 10.0. The van der Waals surface area contributed by atoms with Crippen molar-refractivity contribution in [2.45, 2.75) is 34.1 Å².